The quantitative estimate of drug-likeness (QED) is 0.182. The number of aromatic nitrogens is 3. The van der Waals surface area contributed by atoms with Gasteiger partial charge in [-0.25, -0.2) is 5.43 Å². The summed E-state index contributed by atoms with van der Waals surface area (Å²) in [5, 5.41) is 21.4. The molecule has 0 saturated heterocycles. The van der Waals surface area contributed by atoms with Crippen LogP contribution in [0.25, 0.3) is 0 Å². The molecule has 4 aromatic rings. The van der Waals surface area contributed by atoms with Crippen molar-refractivity contribution < 1.29 is 4.92 Å². The molecule has 164 valence electrons. The molecule has 0 bridgehead atoms. The molecule has 0 saturated carbocycles. The molecule has 3 aromatic carbocycles. The van der Waals surface area contributed by atoms with Gasteiger partial charge in [0.25, 0.3) is 5.69 Å². The van der Waals surface area contributed by atoms with Gasteiger partial charge in [0.2, 0.25) is 17.8 Å². The summed E-state index contributed by atoms with van der Waals surface area (Å²) in [6, 6.07) is 23.3. The molecule has 1 heterocycles. The van der Waals surface area contributed by atoms with Crippen LogP contribution in [0.4, 0.5) is 34.9 Å². The molecule has 1 aromatic heterocycles. The fourth-order valence-electron chi connectivity index (χ4n) is 2.75. The van der Waals surface area contributed by atoms with Crippen molar-refractivity contribution in [2.24, 2.45) is 5.10 Å². The van der Waals surface area contributed by atoms with Crippen molar-refractivity contribution in [2.45, 2.75) is 0 Å². The number of nitrogens with zero attached hydrogens (tertiary/aromatic N) is 5. The van der Waals surface area contributed by atoms with Crippen molar-refractivity contribution in [3.05, 3.63) is 99.6 Å². The highest BCUT2D eigenvalue weighted by molar-refractivity contribution is 6.32. The van der Waals surface area contributed by atoms with E-state index in [1.807, 2.05) is 60.7 Å². The first kappa shape index (κ1) is 21.7. The largest absolute Gasteiger partial charge is 0.324 e. The molecule has 11 heteroatoms. The van der Waals surface area contributed by atoms with E-state index in [1.165, 1.54) is 18.3 Å². The van der Waals surface area contributed by atoms with Gasteiger partial charge in [-0.3, -0.25) is 10.1 Å². The fraction of sp³-hybridized carbons (Fsp3) is 0. The van der Waals surface area contributed by atoms with Gasteiger partial charge < -0.3 is 10.6 Å². The van der Waals surface area contributed by atoms with Gasteiger partial charge in [0.05, 0.1) is 11.1 Å². The van der Waals surface area contributed by atoms with Crippen molar-refractivity contribution >= 4 is 52.7 Å². The summed E-state index contributed by atoms with van der Waals surface area (Å²) in [5.74, 6) is 0.769. The number of anilines is 5. The van der Waals surface area contributed by atoms with Crippen LogP contribution in [-0.2, 0) is 0 Å². The zero-order chi connectivity index (χ0) is 23.0. The predicted octanol–water partition coefficient (Wildman–Crippen LogP) is 5.37. The summed E-state index contributed by atoms with van der Waals surface area (Å²) in [5.41, 5.74) is 4.62. The van der Waals surface area contributed by atoms with Crippen LogP contribution in [0.5, 0.6) is 0 Å². The summed E-state index contributed by atoms with van der Waals surface area (Å²) in [6.45, 7) is 0. The van der Waals surface area contributed by atoms with E-state index in [-0.39, 0.29) is 16.7 Å². The van der Waals surface area contributed by atoms with Crippen molar-refractivity contribution in [1.82, 2.24) is 15.0 Å². The molecule has 0 aliphatic heterocycles. The molecule has 0 aliphatic carbocycles. The van der Waals surface area contributed by atoms with Gasteiger partial charge in [0.15, 0.2) is 0 Å². The van der Waals surface area contributed by atoms with Crippen LogP contribution in [0.1, 0.15) is 5.56 Å². The molecular weight excluding hydrogens is 444 g/mol. The predicted molar refractivity (Wildman–Crippen MR) is 129 cm³/mol. The number of hydrazone groups is 1. The molecule has 0 radical (unpaired) electrons. The van der Waals surface area contributed by atoms with Crippen LogP contribution >= 0.6 is 11.6 Å². The van der Waals surface area contributed by atoms with E-state index in [4.69, 9.17) is 11.6 Å². The Balaban J connectivity index is 1.57. The second-order valence-electron chi connectivity index (χ2n) is 6.63. The maximum Gasteiger partial charge on any atom is 0.288 e. The number of halogens is 1. The van der Waals surface area contributed by atoms with E-state index in [0.717, 1.165) is 11.4 Å². The topological polar surface area (TPSA) is 130 Å². The molecule has 3 N–H and O–H groups in total. The van der Waals surface area contributed by atoms with Crippen molar-refractivity contribution in [3.8, 4) is 0 Å². The Morgan fingerprint density at radius 1 is 0.818 bits per heavy atom. The molecule has 0 aliphatic rings. The van der Waals surface area contributed by atoms with E-state index in [1.54, 1.807) is 6.07 Å². The van der Waals surface area contributed by atoms with E-state index in [0.29, 0.717) is 17.5 Å². The Bertz CT molecular complexity index is 1230. The zero-order valence-electron chi connectivity index (χ0n) is 17.0. The molecule has 0 amide bonds. The normalized spacial score (nSPS) is 10.7. The lowest BCUT2D eigenvalue weighted by molar-refractivity contribution is -0.384. The van der Waals surface area contributed by atoms with Gasteiger partial charge in [-0.1, -0.05) is 54.1 Å². The minimum atomic E-state index is -0.553. The number of nitro benzene ring substituents is 1. The number of rotatable bonds is 8. The third kappa shape index (κ3) is 5.99. The Morgan fingerprint density at radius 2 is 1.36 bits per heavy atom. The second-order valence-corrected chi connectivity index (χ2v) is 7.03. The Labute approximate surface area is 193 Å². The average Bonchev–Trinajstić information content (AvgIpc) is 2.81. The van der Waals surface area contributed by atoms with Crippen molar-refractivity contribution in [3.63, 3.8) is 0 Å². The van der Waals surface area contributed by atoms with E-state index in [9.17, 15) is 10.1 Å². The maximum absolute atomic E-state index is 11.1. The molecule has 0 fully saturated rings. The van der Waals surface area contributed by atoms with Gasteiger partial charge in [0, 0.05) is 23.0 Å². The third-order valence-electron chi connectivity index (χ3n) is 4.24. The van der Waals surface area contributed by atoms with Crippen LogP contribution in [0.3, 0.4) is 0 Å². The zero-order valence-corrected chi connectivity index (χ0v) is 17.8. The molecule has 10 nitrogen and oxygen atoms in total. The highest BCUT2D eigenvalue weighted by Crippen LogP contribution is 2.24. The maximum atomic E-state index is 11.1. The van der Waals surface area contributed by atoms with E-state index >= 15 is 0 Å². The number of hydrogen-bond acceptors (Lipinski definition) is 9. The lowest BCUT2D eigenvalue weighted by Crippen LogP contribution is -2.07. The first-order valence-electron chi connectivity index (χ1n) is 9.70. The van der Waals surface area contributed by atoms with Gasteiger partial charge in [-0.2, -0.15) is 20.1 Å². The minimum absolute atomic E-state index is 0.0517. The lowest BCUT2D eigenvalue weighted by Gasteiger charge is -2.10. The smallest absolute Gasteiger partial charge is 0.288 e. The Kier molecular flexibility index (Phi) is 6.67. The molecule has 33 heavy (non-hydrogen) atoms. The summed E-state index contributed by atoms with van der Waals surface area (Å²) < 4.78 is 0. The van der Waals surface area contributed by atoms with Gasteiger partial charge >= 0.3 is 0 Å². The number of nitrogens with one attached hydrogen (secondary N) is 3. The molecule has 4 rings (SSSR count). The van der Waals surface area contributed by atoms with Crippen molar-refractivity contribution in [2.75, 3.05) is 16.1 Å². The van der Waals surface area contributed by atoms with Crippen LogP contribution < -0.4 is 16.1 Å². The van der Waals surface area contributed by atoms with Gasteiger partial charge in [0.1, 0.15) is 5.02 Å². The monoisotopic (exact) mass is 460 g/mol. The molecule has 0 atom stereocenters. The molecular formula is C22H17ClN8O2. The van der Waals surface area contributed by atoms with E-state index < -0.39 is 4.92 Å². The minimum Gasteiger partial charge on any atom is -0.324 e. The highest BCUT2D eigenvalue weighted by atomic mass is 35.5. The van der Waals surface area contributed by atoms with Gasteiger partial charge in [-0.05, 0) is 30.3 Å². The fourth-order valence-corrected chi connectivity index (χ4v) is 2.94. The first-order chi connectivity index (χ1) is 16.1. The second kappa shape index (κ2) is 10.2. The van der Waals surface area contributed by atoms with Crippen molar-refractivity contribution in [1.29, 1.82) is 0 Å². The summed E-state index contributed by atoms with van der Waals surface area (Å²) in [4.78, 5) is 23.6. The van der Waals surface area contributed by atoms with Crippen LogP contribution in [0.2, 0.25) is 5.02 Å². The Hall–Kier alpha value is -4.57. The SMILES string of the molecule is O=[N+]([O-])c1cc(C=NNc2nc(Nc3ccccc3)nc(Nc3ccccc3)n2)ccc1Cl. The average molecular weight is 461 g/mol. The number of benzene rings is 3. The number of hydrogen-bond donors (Lipinski definition) is 3. The third-order valence-corrected chi connectivity index (χ3v) is 4.56. The lowest BCUT2D eigenvalue weighted by atomic mass is 10.2. The molecule has 0 unspecified atom stereocenters. The highest BCUT2D eigenvalue weighted by Gasteiger charge is 2.12. The number of para-hydroxylation sites is 2. The first-order valence-corrected chi connectivity index (χ1v) is 10.1. The summed E-state index contributed by atoms with van der Waals surface area (Å²) in [6.07, 6.45) is 1.40. The molecule has 0 spiro atoms. The van der Waals surface area contributed by atoms with E-state index in [2.05, 4.69) is 36.1 Å². The number of nitro groups is 1. The summed E-state index contributed by atoms with van der Waals surface area (Å²) >= 11 is 5.85. The summed E-state index contributed by atoms with van der Waals surface area (Å²) in [7, 11) is 0. The van der Waals surface area contributed by atoms with Crippen LogP contribution in [0.15, 0.2) is 84.0 Å². The van der Waals surface area contributed by atoms with Gasteiger partial charge in [-0.15, -0.1) is 0 Å². The van der Waals surface area contributed by atoms with Crippen LogP contribution in [0, 0.1) is 10.1 Å². The Morgan fingerprint density at radius 3 is 1.91 bits per heavy atom. The standard InChI is InChI=1S/C22H17ClN8O2/c23-18-12-11-15(13-19(18)31(32)33)14-24-30-22-28-20(25-16-7-3-1-4-8-16)27-21(29-22)26-17-9-5-2-6-10-17/h1-14H,(H3,25,26,27,28,29,30). The van der Waals surface area contributed by atoms with Crippen LogP contribution in [-0.4, -0.2) is 26.1 Å².